The molecule has 9 nitrogen and oxygen atoms in total. The zero-order valence-corrected chi connectivity index (χ0v) is 20.2. The smallest absolute Gasteiger partial charge is 0.244 e. The highest BCUT2D eigenvalue weighted by molar-refractivity contribution is 5.73. The van der Waals surface area contributed by atoms with E-state index in [1.54, 1.807) is 14.2 Å². The van der Waals surface area contributed by atoms with Crippen LogP contribution in [0.1, 0.15) is 37.3 Å². The Balaban J connectivity index is 1.86. The molecule has 1 atom stereocenters. The predicted molar refractivity (Wildman–Crippen MR) is 130 cm³/mol. The predicted octanol–water partition coefficient (Wildman–Crippen LogP) is 4.50. The lowest BCUT2D eigenvalue weighted by atomic mass is 9.83. The summed E-state index contributed by atoms with van der Waals surface area (Å²) in [5, 5.41) is 17.4. The number of H-pyrrole nitrogens is 1. The summed E-state index contributed by atoms with van der Waals surface area (Å²) >= 11 is 0. The summed E-state index contributed by atoms with van der Waals surface area (Å²) in [5.74, 6) is 2.18. The number of nitrogens with two attached hydrogens (primary N) is 1. The van der Waals surface area contributed by atoms with E-state index in [0.29, 0.717) is 53.3 Å². The summed E-state index contributed by atoms with van der Waals surface area (Å²) in [6.45, 7) is 5.03. The summed E-state index contributed by atoms with van der Waals surface area (Å²) in [6.07, 6.45) is 0.871. The second-order valence-electron chi connectivity index (χ2n) is 7.80. The SMILES string of the molecule is CCCOc1ccc(C2C(C#N)=C(N)Oc3n[nH]c(-c4ccc(OCC)c(OC)c4)c32)cc1OC. The Bertz CT molecular complexity index is 1290. The summed E-state index contributed by atoms with van der Waals surface area (Å²) < 4.78 is 28.3. The number of ether oxygens (including phenoxy) is 5. The minimum atomic E-state index is -0.538. The highest BCUT2D eigenvalue weighted by Crippen LogP contribution is 2.47. The molecule has 4 rings (SSSR count). The molecule has 0 radical (unpaired) electrons. The van der Waals surface area contributed by atoms with E-state index in [1.165, 1.54) is 0 Å². The van der Waals surface area contributed by atoms with Crippen LogP contribution < -0.4 is 29.4 Å². The number of hydrogen-bond donors (Lipinski definition) is 2. The van der Waals surface area contributed by atoms with Gasteiger partial charge in [0.15, 0.2) is 23.0 Å². The summed E-state index contributed by atoms with van der Waals surface area (Å²) in [4.78, 5) is 0. The van der Waals surface area contributed by atoms with Crippen LogP contribution in [0, 0.1) is 11.3 Å². The molecule has 2 aromatic carbocycles. The average molecular weight is 477 g/mol. The van der Waals surface area contributed by atoms with Gasteiger partial charge < -0.3 is 29.4 Å². The molecule has 3 aromatic rings. The fourth-order valence-electron chi connectivity index (χ4n) is 4.09. The summed E-state index contributed by atoms with van der Waals surface area (Å²) in [6, 6.07) is 13.4. The van der Waals surface area contributed by atoms with Crippen molar-refractivity contribution in [2.75, 3.05) is 27.4 Å². The van der Waals surface area contributed by atoms with Crippen LogP contribution in [-0.2, 0) is 0 Å². The van der Waals surface area contributed by atoms with Gasteiger partial charge in [0.25, 0.3) is 0 Å². The van der Waals surface area contributed by atoms with E-state index >= 15 is 0 Å². The fourth-order valence-corrected chi connectivity index (χ4v) is 4.09. The largest absolute Gasteiger partial charge is 0.493 e. The molecule has 2 heterocycles. The van der Waals surface area contributed by atoms with Crippen molar-refractivity contribution < 1.29 is 23.7 Å². The maximum absolute atomic E-state index is 10.0. The van der Waals surface area contributed by atoms with Crippen LogP contribution >= 0.6 is 0 Å². The van der Waals surface area contributed by atoms with Crippen LogP contribution in [0.15, 0.2) is 47.9 Å². The van der Waals surface area contributed by atoms with E-state index in [1.807, 2.05) is 50.2 Å². The lowest BCUT2D eigenvalue weighted by Gasteiger charge is -2.25. The first-order chi connectivity index (χ1) is 17.1. The lowest BCUT2D eigenvalue weighted by Crippen LogP contribution is -2.21. The van der Waals surface area contributed by atoms with Gasteiger partial charge in [-0.05, 0) is 49.2 Å². The van der Waals surface area contributed by atoms with Gasteiger partial charge in [0.2, 0.25) is 11.8 Å². The normalized spacial score (nSPS) is 14.5. The molecule has 35 heavy (non-hydrogen) atoms. The first kappa shape index (κ1) is 23.8. The molecule has 0 spiro atoms. The number of benzene rings is 2. The monoisotopic (exact) mass is 476 g/mol. The zero-order valence-electron chi connectivity index (χ0n) is 20.2. The molecule has 1 aliphatic heterocycles. The van der Waals surface area contributed by atoms with E-state index in [4.69, 9.17) is 29.4 Å². The maximum atomic E-state index is 10.0. The van der Waals surface area contributed by atoms with Crippen LogP contribution in [0.4, 0.5) is 0 Å². The molecule has 0 bridgehead atoms. The highest BCUT2D eigenvalue weighted by atomic mass is 16.5. The number of allylic oxidation sites excluding steroid dienone is 1. The van der Waals surface area contributed by atoms with Gasteiger partial charge in [-0.15, -0.1) is 5.10 Å². The van der Waals surface area contributed by atoms with E-state index in [2.05, 4.69) is 16.3 Å². The van der Waals surface area contributed by atoms with Gasteiger partial charge >= 0.3 is 0 Å². The fraction of sp³-hybridized carbons (Fsp3) is 0.308. The average Bonchev–Trinajstić information content (AvgIpc) is 3.30. The minimum Gasteiger partial charge on any atom is -0.493 e. The third-order valence-corrected chi connectivity index (χ3v) is 5.67. The second-order valence-corrected chi connectivity index (χ2v) is 7.80. The zero-order chi connectivity index (χ0) is 24.9. The van der Waals surface area contributed by atoms with Crippen molar-refractivity contribution in [3.05, 3.63) is 59.0 Å². The molecule has 0 saturated carbocycles. The molecule has 0 saturated heterocycles. The molecule has 0 aliphatic carbocycles. The quantitative estimate of drug-likeness (QED) is 0.463. The van der Waals surface area contributed by atoms with E-state index in [9.17, 15) is 5.26 Å². The number of nitrogens with one attached hydrogen (secondary N) is 1. The van der Waals surface area contributed by atoms with Crippen molar-refractivity contribution >= 4 is 0 Å². The number of rotatable bonds is 9. The van der Waals surface area contributed by atoms with Crippen molar-refractivity contribution in [1.82, 2.24) is 10.2 Å². The van der Waals surface area contributed by atoms with Crippen molar-refractivity contribution in [2.45, 2.75) is 26.2 Å². The standard InChI is InChI=1S/C26H28N4O5/c1-5-11-34-19-9-7-15(12-20(19)31-3)22-17(14-27)25(28)35-26-23(22)24(29-30-26)16-8-10-18(33-6-2)21(13-16)32-4/h7-10,12-13,22H,5-6,11,28H2,1-4H3,(H,29,30). The van der Waals surface area contributed by atoms with Crippen LogP contribution in [-0.4, -0.2) is 37.6 Å². The van der Waals surface area contributed by atoms with Crippen molar-refractivity contribution in [2.24, 2.45) is 5.73 Å². The maximum Gasteiger partial charge on any atom is 0.244 e. The Morgan fingerprint density at radius 2 is 1.74 bits per heavy atom. The number of nitriles is 1. The van der Waals surface area contributed by atoms with Crippen LogP contribution in [0.2, 0.25) is 0 Å². The van der Waals surface area contributed by atoms with Gasteiger partial charge in [-0.25, -0.2) is 0 Å². The van der Waals surface area contributed by atoms with Crippen molar-refractivity contribution in [3.63, 3.8) is 0 Å². The summed E-state index contributed by atoms with van der Waals surface area (Å²) in [5.41, 5.74) is 9.36. The van der Waals surface area contributed by atoms with E-state index in [-0.39, 0.29) is 11.5 Å². The molecular formula is C26H28N4O5. The topological polar surface area (TPSA) is 125 Å². The number of aromatic amines is 1. The molecule has 1 unspecified atom stereocenters. The second kappa shape index (κ2) is 10.3. The minimum absolute atomic E-state index is 0.0117. The molecule has 1 aromatic heterocycles. The Hall–Kier alpha value is -4.32. The Labute approximate surface area is 204 Å². The van der Waals surface area contributed by atoms with Gasteiger partial charge in [0, 0.05) is 5.56 Å². The number of aromatic nitrogens is 2. The van der Waals surface area contributed by atoms with Crippen molar-refractivity contribution in [3.8, 4) is 46.2 Å². The van der Waals surface area contributed by atoms with Crippen LogP contribution in [0.5, 0.6) is 28.9 Å². The van der Waals surface area contributed by atoms with Crippen molar-refractivity contribution in [1.29, 1.82) is 5.26 Å². The third-order valence-electron chi connectivity index (χ3n) is 5.67. The number of hydrogen-bond acceptors (Lipinski definition) is 8. The third kappa shape index (κ3) is 4.43. The van der Waals surface area contributed by atoms with E-state index < -0.39 is 5.92 Å². The van der Waals surface area contributed by atoms with Gasteiger partial charge in [-0.3, -0.25) is 5.10 Å². The molecular weight excluding hydrogens is 448 g/mol. The number of nitrogens with zero attached hydrogens (tertiary/aromatic N) is 2. The first-order valence-electron chi connectivity index (χ1n) is 11.3. The molecule has 3 N–H and O–H groups in total. The Morgan fingerprint density at radius 3 is 2.43 bits per heavy atom. The molecule has 1 aliphatic rings. The lowest BCUT2D eigenvalue weighted by molar-refractivity contribution is 0.294. The number of methoxy groups -OCH3 is 2. The number of fused-ring (bicyclic) bond motifs is 1. The molecule has 182 valence electrons. The molecule has 0 fully saturated rings. The Kier molecular flexibility index (Phi) is 7.01. The van der Waals surface area contributed by atoms with E-state index in [0.717, 1.165) is 17.5 Å². The highest BCUT2D eigenvalue weighted by Gasteiger charge is 2.36. The molecule has 0 amide bonds. The Morgan fingerprint density at radius 1 is 1.03 bits per heavy atom. The van der Waals surface area contributed by atoms with Crippen LogP contribution in [0.3, 0.4) is 0 Å². The van der Waals surface area contributed by atoms with Gasteiger partial charge in [0.1, 0.15) is 11.6 Å². The molecule has 9 heteroatoms. The first-order valence-corrected chi connectivity index (χ1v) is 11.3. The van der Waals surface area contributed by atoms with Gasteiger partial charge in [-0.1, -0.05) is 13.0 Å². The van der Waals surface area contributed by atoms with Gasteiger partial charge in [0.05, 0.1) is 44.6 Å². The summed E-state index contributed by atoms with van der Waals surface area (Å²) in [7, 11) is 3.17. The van der Waals surface area contributed by atoms with Gasteiger partial charge in [-0.2, -0.15) is 5.26 Å². The van der Waals surface area contributed by atoms with Crippen LogP contribution in [0.25, 0.3) is 11.3 Å².